The number of nitrogens with zero attached hydrogens (tertiary/aromatic N) is 3. The van der Waals surface area contributed by atoms with Crippen molar-refractivity contribution in [2.75, 3.05) is 26.9 Å². The first kappa shape index (κ1) is 19.2. The summed E-state index contributed by atoms with van der Waals surface area (Å²) in [6.07, 6.45) is 5.69. The second kappa shape index (κ2) is 8.88. The van der Waals surface area contributed by atoms with Crippen LogP contribution in [0.4, 0.5) is 0 Å². The number of thioether (sulfide) groups is 1. The van der Waals surface area contributed by atoms with Gasteiger partial charge in [-0.1, -0.05) is 42.1 Å². The van der Waals surface area contributed by atoms with Crippen LogP contribution < -0.4 is 5.32 Å². The third-order valence-corrected chi connectivity index (χ3v) is 4.92. The Morgan fingerprint density at radius 2 is 1.85 bits per heavy atom. The van der Waals surface area contributed by atoms with E-state index in [0.717, 1.165) is 23.0 Å². The van der Waals surface area contributed by atoms with Crippen molar-refractivity contribution in [2.45, 2.75) is 11.2 Å². The van der Waals surface area contributed by atoms with Crippen LogP contribution >= 0.6 is 11.8 Å². The summed E-state index contributed by atoms with van der Waals surface area (Å²) in [7, 11) is 4.01. The van der Waals surface area contributed by atoms with E-state index in [2.05, 4.69) is 15.2 Å². The average molecular weight is 381 g/mol. The Kier molecular flexibility index (Phi) is 6.32. The van der Waals surface area contributed by atoms with Gasteiger partial charge >= 0.3 is 0 Å². The number of nitrogens with one attached hydrogen (secondary N) is 1. The van der Waals surface area contributed by atoms with Crippen LogP contribution in [0.3, 0.4) is 0 Å². The molecule has 1 N–H and O–H groups in total. The smallest absolute Gasteiger partial charge is 0.251 e. The van der Waals surface area contributed by atoms with Gasteiger partial charge in [-0.3, -0.25) is 9.36 Å². The topological polar surface area (TPSA) is 50.2 Å². The Hall–Kier alpha value is -2.57. The van der Waals surface area contributed by atoms with Gasteiger partial charge < -0.3 is 10.2 Å². The van der Waals surface area contributed by atoms with Gasteiger partial charge in [0.25, 0.3) is 5.91 Å². The van der Waals surface area contributed by atoms with E-state index in [1.165, 1.54) is 0 Å². The van der Waals surface area contributed by atoms with Crippen molar-refractivity contribution in [1.29, 1.82) is 0 Å². The lowest BCUT2D eigenvalue weighted by molar-refractivity contribution is 0.0930. The molecule has 6 heteroatoms. The van der Waals surface area contributed by atoms with Gasteiger partial charge in [-0.25, -0.2) is 4.98 Å². The molecule has 1 heterocycles. The molecule has 0 aliphatic heterocycles. The maximum Gasteiger partial charge on any atom is 0.251 e. The van der Waals surface area contributed by atoms with Gasteiger partial charge in [-0.05, 0) is 50.2 Å². The number of amides is 1. The zero-order valence-corrected chi connectivity index (χ0v) is 16.6. The quantitative estimate of drug-likeness (QED) is 0.636. The summed E-state index contributed by atoms with van der Waals surface area (Å²) in [4.78, 5) is 19.2. The first-order valence-electron chi connectivity index (χ1n) is 8.77. The molecule has 0 spiro atoms. The zero-order valence-electron chi connectivity index (χ0n) is 15.8. The standard InChI is InChI=1S/C21H24N4OS/c1-24(2)15-19(16-7-5-4-6-8-16)23-20(26)17-9-11-18(12-10-17)25-14-13-22-21(25)27-3/h4-14,19H,15H2,1-3H3,(H,23,26). The Bertz CT molecular complexity index is 875. The van der Waals surface area contributed by atoms with Crippen LogP contribution in [0, 0.1) is 0 Å². The largest absolute Gasteiger partial charge is 0.344 e. The van der Waals surface area contributed by atoms with Gasteiger partial charge in [0.1, 0.15) is 0 Å². The second-order valence-electron chi connectivity index (χ2n) is 6.53. The first-order valence-corrected chi connectivity index (χ1v) is 9.99. The SMILES string of the molecule is CSc1nccn1-c1ccc(C(=O)NC(CN(C)C)c2ccccc2)cc1. The highest BCUT2D eigenvalue weighted by Gasteiger charge is 2.16. The fourth-order valence-electron chi connectivity index (χ4n) is 2.94. The lowest BCUT2D eigenvalue weighted by atomic mass is 10.1. The number of benzene rings is 2. The summed E-state index contributed by atoms with van der Waals surface area (Å²) >= 11 is 1.59. The molecular formula is C21H24N4OS. The Balaban J connectivity index is 1.76. The van der Waals surface area contributed by atoms with Crippen molar-refractivity contribution in [2.24, 2.45) is 0 Å². The van der Waals surface area contributed by atoms with E-state index in [0.29, 0.717) is 5.56 Å². The molecule has 0 radical (unpaired) electrons. The highest BCUT2D eigenvalue weighted by atomic mass is 32.2. The Labute approximate surface area is 164 Å². The van der Waals surface area contributed by atoms with Crippen molar-refractivity contribution in [3.63, 3.8) is 0 Å². The van der Waals surface area contributed by atoms with Crippen LogP contribution in [0.5, 0.6) is 0 Å². The first-order chi connectivity index (χ1) is 13.1. The van der Waals surface area contributed by atoms with E-state index in [4.69, 9.17) is 0 Å². The Morgan fingerprint density at radius 3 is 2.48 bits per heavy atom. The van der Waals surface area contributed by atoms with E-state index in [-0.39, 0.29) is 11.9 Å². The molecule has 1 aromatic heterocycles. The fraction of sp³-hybridized carbons (Fsp3) is 0.238. The number of hydrogen-bond acceptors (Lipinski definition) is 4. The zero-order chi connectivity index (χ0) is 19.2. The third-order valence-electron chi connectivity index (χ3n) is 4.25. The summed E-state index contributed by atoms with van der Waals surface area (Å²) in [5.41, 5.74) is 2.73. The van der Waals surface area contributed by atoms with Crippen molar-refractivity contribution >= 4 is 17.7 Å². The minimum atomic E-state index is -0.0759. The third kappa shape index (κ3) is 4.78. The van der Waals surface area contributed by atoms with E-state index in [1.807, 2.05) is 85.7 Å². The highest BCUT2D eigenvalue weighted by molar-refractivity contribution is 7.98. The van der Waals surface area contributed by atoms with Crippen LogP contribution in [-0.4, -0.2) is 47.3 Å². The molecule has 2 aromatic carbocycles. The average Bonchev–Trinajstić information content (AvgIpc) is 3.16. The minimum Gasteiger partial charge on any atom is -0.344 e. The number of carbonyl (C=O) groups is 1. The molecule has 1 atom stereocenters. The molecule has 0 bridgehead atoms. The molecule has 1 amide bonds. The van der Waals surface area contributed by atoms with Crippen molar-refractivity contribution in [1.82, 2.24) is 19.8 Å². The number of rotatable bonds is 7. The minimum absolute atomic E-state index is 0.0647. The van der Waals surface area contributed by atoms with E-state index in [1.54, 1.807) is 18.0 Å². The number of aromatic nitrogens is 2. The van der Waals surface area contributed by atoms with Gasteiger partial charge in [-0.2, -0.15) is 0 Å². The molecule has 0 aliphatic carbocycles. The van der Waals surface area contributed by atoms with Crippen molar-refractivity contribution < 1.29 is 4.79 Å². The van der Waals surface area contributed by atoms with Gasteiger partial charge in [0.15, 0.2) is 5.16 Å². The maximum atomic E-state index is 12.8. The molecule has 0 aliphatic rings. The normalized spacial score (nSPS) is 12.1. The van der Waals surface area contributed by atoms with Crippen LogP contribution in [0.1, 0.15) is 22.0 Å². The number of likely N-dealkylation sites (N-methyl/N-ethyl adjacent to an activating group) is 1. The van der Waals surface area contributed by atoms with Crippen LogP contribution in [0.2, 0.25) is 0 Å². The highest BCUT2D eigenvalue weighted by Crippen LogP contribution is 2.19. The van der Waals surface area contributed by atoms with Gasteiger partial charge in [0, 0.05) is 30.2 Å². The van der Waals surface area contributed by atoms with E-state index in [9.17, 15) is 4.79 Å². The summed E-state index contributed by atoms with van der Waals surface area (Å²) < 4.78 is 2.01. The van der Waals surface area contributed by atoms with Gasteiger partial charge in [-0.15, -0.1) is 0 Å². The summed E-state index contributed by atoms with van der Waals surface area (Å²) in [5, 5.41) is 4.07. The van der Waals surface area contributed by atoms with Crippen LogP contribution in [0.15, 0.2) is 72.1 Å². The summed E-state index contributed by atoms with van der Waals surface area (Å²) in [6.45, 7) is 0.736. The summed E-state index contributed by atoms with van der Waals surface area (Å²) in [5.74, 6) is -0.0759. The number of imidazole rings is 1. The maximum absolute atomic E-state index is 12.8. The van der Waals surface area contributed by atoms with Gasteiger partial charge in [0.05, 0.1) is 6.04 Å². The summed E-state index contributed by atoms with van der Waals surface area (Å²) in [6, 6.07) is 17.6. The molecule has 3 rings (SSSR count). The molecule has 3 aromatic rings. The lowest BCUT2D eigenvalue weighted by Crippen LogP contribution is -2.35. The van der Waals surface area contributed by atoms with Crippen LogP contribution in [-0.2, 0) is 0 Å². The van der Waals surface area contributed by atoms with Crippen LogP contribution in [0.25, 0.3) is 5.69 Å². The molecular weight excluding hydrogens is 356 g/mol. The van der Waals surface area contributed by atoms with Gasteiger partial charge in [0.2, 0.25) is 0 Å². The number of hydrogen-bond donors (Lipinski definition) is 1. The lowest BCUT2D eigenvalue weighted by Gasteiger charge is -2.23. The molecule has 140 valence electrons. The fourth-order valence-corrected chi connectivity index (χ4v) is 3.47. The number of carbonyl (C=O) groups excluding carboxylic acids is 1. The van der Waals surface area contributed by atoms with Crippen molar-refractivity contribution in [3.05, 3.63) is 78.1 Å². The Morgan fingerprint density at radius 1 is 1.15 bits per heavy atom. The van der Waals surface area contributed by atoms with Crippen molar-refractivity contribution in [3.8, 4) is 5.69 Å². The molecule has 0 fully saturated rings. The predicted molar refractivity (Wildman–Crippen MR) is 111 cm³/mol. The van der Waals surface area contributed by atoms with E-state index >= 15 is 0 Å². The monoisotopic (exact) mass is 380 g/mol. The molecule has 5 nitrogen and oxygen atoms in total. The molecule has 27 heavy (non-hydrogen) atoms. The molecule has 0 saturated carbocycles. The molecule has 1 unspecified atom stereocenters. The molecule has 0 saturated heterocycles. The predicted octanol–water partition coefficient (Wildman–Crippen LogP) is 3.63. The second-order valence-corrected chi connectivity index (χ2v) is 7.30. The van der Waals surface area contributed by atoms with E-state index < -0.39 is 0 Å².